The lowest BCUT2D eigenvalue weighted by atomic mass is 10.1. The molecule has 0 fully saturated rings. The van der Waals surface area contributed by atoms with E-state index in [0.29, 0.717) is 0 Å². The lowest BCUT2D eigenvalue weighted by Gasteiger charge is -2.20. The average Bonchev–Trinajstić information content (AvgIpc) is 2.58. The Bertz CT molecular complexity index is 578. The standard InChI is InChI=1S/C17H25O7P/c1-3-23-25(21,24-4-2)13-15(17(19)20)10-11-16(18)22-12-14-8-6-5-7-9-14/h5-9,15H,3-4,10-13H2,1-2H3,(H,19,20). The monoisotopic (exact) mass is 372 g/mol. The molecule has 0 aromatic heterocycles. The molecule has 0 radical (unpaired) electrons. The van der Waals surface area contributed by atoms with Crippen LogP contribution in [0.1, 0.15) is 32.3 Å². The number of ether oxygens (including phenoxy) is 1. The van der Waals surface area contributed by atoms with E-state index in [1.807, 2.05) is 30.3 Å². The molecule has 0 aliphatic rings. The van der Waals surface area contributed by atoms with Gasteiger partial charge in [0.15, 0.2) is 0 Å². The fraction of sp³-hybridized carbons (Fsp3) is 0.529. The Morgan fingerprint density at radius 3 is 2.24 bits per heavy atom. The summed E-state index contributed by atoms with van der Waals surface area (Å²) in [7, 11) is -3.49. The maximum atomic E-state index is 12.5. The van der Waals surface area contributed by atoms with E-state index in [1.165, 1.54) is 0 Å². The van der Waals surface area contributed by atoms with Crippen LogP contribution in [-0.4, -0.2) is 36.4 Å². The van der Waals surface area contributed by atoms with Crippen molar-refractivity contribution in [3.05, 3.63) is 35.9 Å². The number of carbonyl (C=O) groups is 2. The van der Waals surface area contributed by atoms with Crippen molar-refractivity contribution < 1.29 is 33.0 Å². The van der Waals surface area contributed by atoms with Crippen molar-refractivity contribution in [1.82, 2.24) is 0 Å². The lowest BCUT2D eigenvalue weighted by Crippen LogP contribution is -2.21. The third kappa shape index (κ3) is 8.29. The number of hydrogen-bond donors (Lipinski definition) is 1. The van der Waals surface area contributed by atoms with E-state index in [1.54, 1.807) is 13.8 Å². The molecule has 0 spiro atoms. The van der Waals surface area contributed by atoms with Crippen molar-refractivity contribution in [3.8, 4) is 0 Å². The quantitative estimate of drug-likeness (QED) is 0.443. The van der Waals surface area contributed by atoms with Gasteiger partial charge in [-0.3, -0.25) is 14.2 Å². The van der Waals surface area contributed by atoms with E-state index >= 15 is 0 Å². The van der Waals surface area contributed by atoms with Gasteiger partial charge in [-0.2, -0.15) is 0 Å². The Morgan fingerprint density at radius 2 is 1.72 bits per heavy atom. The van der Waals surface area contributed by atoms with Gasteiger partial charge >= 0.3 is 19.5 Å². The summed E-state index contributed by atoms with van der Waals surface area (Å²) in [6.07, 6.45) is -0.342. The Hall–Kier alpha value is -1.69. The molecule has 25 heavy (non-hydrogen) atoms. The van der Waals surface area contributed by atoms with Crippen molar-refractivity contribution >= 4 is 19.5 Å². The summed E-state index contributed by atoms with van der Waals surface area (Å²) in [4.78, 5) is 23.2. The number of esters is 1. The molecule has 140 valence electrons. The van der Waals surface area contributed by atoms with Gasteiger partial charge in [-0.1, -0.05) is 30.3 Å². The molecule has 0 aliphatic carbocycles. The minimum absolute atomic E-state index is 0.00704. The fourth-order valence-corrected chi connectivity index (χ4v) is 4.15. The molecular formula is C17H25O7P. The Kier molecular flexibility index (Phi) is 9.42. The van der Waals surface area contributed by atoms with E-state index in [2.05, 4.69) is 0 Å². The summed E-state index contributed by atoms with van der Waals surface area (Å²) < 4.78 is 27.8. The van der Waals surface area contributed by atoms with Crippen molar-refractivity contribution in [2.24, 2.45) is 5.92 Å². The Balaban J connectivity index is 2.52. The van der Waals surface area contributed by atoms with Gasteiger partial charge < -0.3 is 18.9 Å². The third-order valence-corrected chi connectivity index (χ3v) is 5.58. The molecule has 1 rings (SSSR count). The molecule has 7 nitrogen and oxygen atoms in total. The van der Waals surface area contributed by atoms with Crippen LogP contribution in [0, 0.1) is 5.92 Å². The van der Waals surface area contributed by atoms with Gasteiger partial charge in [0.1, 0.15) is 6.61 Å². The second-order valence-corrected chi connectivity index (χ2v) is 7.45. The van der Waals surface area contributed by atoms with Gasteiger partial charge in [0, 0.05) is 6.42 Å². The Morgan fingerprint density at radius 1 is 1.12 bits per heavy atom. The summed E-state index contributed by atoms with van der Waals surface area (Å²) in [5.41, 5.74) is 0.850. The number of carboxylic acid groups (broad SMARTS) is 1. The van der Waals surface area contributed by atoms with Crippen molar-refractivity contribution in [2.75, 3.05) is 19.4 Å². The summed E-state index contributed by atoms with van der Waals surface area (Å²) in [5.74, 6) is -2.65. The normalized spacial score (nSPS) is 12.6. The van der Waals surface area contributed by atoms with Crippen LogP contribution in [0.2, 0.25) is 0 Å². The summed E-state index contributed by atoms with van der Waals surface area (Å²) in [6, 6.07) is 9.19. The van der Waals surface area contributed by atoms with Gasteiger partial charge in [-0.05, 0) is 25.8 Å². The van der Waals surface area contributed by atoms with Crippen LogP contribution < -0.4 is 0 Å². The van der Waals surface area contributed by atoms with Crippen molar-refractivity contribution in [2.45, 2.75) is 33.3 Å². The zero-order valence-electron chi connectivity index (χ0n) is 14.6. The van der Waals surface area contributed by atoms with Crippen LogP contribution in [0.3, 0.4) is 0 Å². The lowest BCUT2D eigenvalue weighted by molar-refractivity contribution is -0.146. The maximum absolute atomic E-state index is 12.5. The van der Waals surface area contributed by atoms with Crippen molar-refractivity contribution in [3.63, 3.8) is 0 Å². The molecule has 0 amide bonds. The summed E-state index contributed by atoms with van der Waals surface area (Å²) >= 11 is 0. The molecular weight excluding hydrogens is 347 g/mol. The highest BCUT2D eigenvalue weighted by atomic mass is 31.2. The fourth-order valence-electron chi connectivity index (χ4n) is 2.20. The maximum Gasteiger partial charge on any atom is 0.331 e. The highest BCUT2D eigenvalue weighted by molar-refractivity contribution is 7.53. The van der Waals surface area contributed by atoms with Gasteiger partial charge in [0.2, 0.25) is 0 Å². The number of rotatable bonds is 12. The number of carbonyl (C=O) groups excluding carboxylic acids is 1. The van der Waals surface area contributed by atoms with E-state index < -0.39 is 25.5 Å². The highest BCUT2D eigenvalue weighted by Crippen LogP contribution is 2.50. The van der Waals surface area contributed by atoms with Crippen LogP contribution in [0.25, 0.3) is 0 Å². The van der Waals surface area contributed by atoms with Crippen LogP contribution in [0.15, 0.2) is 30.3 Å². The zero-order valence-corrected chi connectivity index (χ0v) is 15.4. The molecule has 0 saturated carbocycles. The minimum Gasteiger partial charge on any atom is -0.481 e. The first-order valence-corrected chi connectivity index (χ1v) is 9.93. The number of benzene rings is 1. The first-order valence-electron chi connectivity index (χ1n) is 8.20. The SMILES string of the molecule is CCOP(=O)(CC(CCC(=O)OCc1ccccc1)C(=O)O)OCC. The largest absolute Gasteiger partial charge is 0.481 e. The molecule has 0 heterocycles. The minimum atomic E-state index is -3.49. The molecule has 1 N–H and O–H groups in total. The molecule has 1 aromatic rings. The van der Waals surface area contributed by atoms with Crippen LogP contribution in [0.5, 0.6) is 0 Å². The molecule has 8 heteroatoms. The molecule has 1 aromatic carbocycles. The van der Waals surface area contributed by atoms with Crippen LogP contribution >= 0.6 is 7.60 Å². The van der Waals surface area contributed by atoms with Gasteiger partial charge in [-0.25, -0.2) is 0 Å². The molecule has 0 bridgehead atoms. The summed E-state index contributed by atoms with van der Waals surface area (Å²) in [5, 5.41) is 9.31. The van der Waals surface area contributed by atoms with E-state index in [0.717, 1.165) is 5.56 Å². The summed E-state index contributed by atoms with van der Waals surface area (Å²) in [6.45, 7) is 3.75. The van der Waals surface area contributed by atoms with Gasteiger partial charge in [-0.15, -0.1) is 0 Å². The van der Waals surface area contributed by atoms with Crippen LogP contribution in [-0.2, 0) is 34.5 Å². The molecule has 0 aliphatic heterocycles. The predicted molar refractivity (Wildman–Crippen MR) is 92.3 cm³/mol. The second kappa shape index (κ2) is 11.0. The highest BCUT2D eigenvalue weighted by Gasteiger charge is 2.32. The third-order valence-electron chi connectivity index (χ3n) is 3.38. The Labute approximate surface area is 147 Å². The van der Waals surface area contributed by atoms with E-state index in [-0.39, 0.29) is 38.8 Å². The molecule has 1 unspecified atom stereocenters. The first kappa shape index (κ1) is 21.4. The average molecular weight is 372 g/mol. The van der Waals surface area contributed by atoms with E-state index in [9.17, 15) is 19.3 Å². The van der Waals surface area contributed by atoms with Gasteiger partial charge in [0.05, 0.1) is 25.3 Å². The van der Waals surface area contributed by atoms with Crippen molar-refractivity contribution in [1.29, 1.82) is 0 Å². The van der Waals surface area contributed by atoms with Crippen LogP contribution in [0.4, 0.5) is 0 Å². The topological polar surface area (TPSA) is 99.1 Å². The zero-order chi connectivity index (χ0) is 18.7. The predicted octanol–water partition coefficient (Wildman–Crippen LogP) is 3.48. The molecule has 0 saturated heterocycles. The smallest absolute Gasteiger partial charge is 0.331 e. The second-order valence-electron chi connectivity index (χ2n) is 5.35. The van der Waals surface area contributed by atoms with Gasteiger partial charge in [0.25, 0.3) is 0 Å². The number of hydrogen-bond acceptors (Lipinski definition) is 6. The number of carboxylic acids is 1. The first-order chi connectivity index (χ1) is 11.9. The number of aliphatic carboxylic acids is 1. The molecule has 1 atom stereocenters. The van der Waals surface area contributed by atoms with E-state index in [4.69, 9.17) is 13.8 Å².